The Morgan fingerprint density at radius 1 is 1.07 bits per heavy atom. The van der Waals surface area contributed by atoms with Crippen molar-refractivity contribution in [2.75, 3.05) is 5.43 Å². The van der Waals surface area contributed by atoms with Gasteiger partial charge in [0.15, 0.2) is 0 Å². The minimum atomic E-state index is -0.671. The number of benzene rings is 2. The van der Waals surface area contributed by atoms with Gasteiger partial charge in [-0.1, -0.05) is 32.0 Å². The van der Waals surface area contributed by atoms with E-state index in [0.29, 0.717) is 0 Å². The van der Waals surface area contributed by atoms with Crippen LogP contribution in [0.5, 0.6) is 0 Å². The molecular formula is C18H20N4O4S. The van der Waals surface area contributed by atoms with Gasteiger partial charge in [-0.3, -0.25) is 25.7 Å². The molecule has 0 atom stereocenters. The van der Waals surface area contributed by atoms with E-state index in [9.17, 15) is 20.2 Å². The Morgan fingerprint density at radius 3 is 2.30 bits per heavy atom. The number of nitro benzene ring substituents is 2. The highest BCUT2D eigenvalue weighted by atomic mass is 32.2. The van der Waals surface area contributed by atoms with Crippen molar-refractivity contribution in [2.45, 2.75) is 36.3 Å². The first kappa shape index (κ1) is 20.4. The molecule has 0 fully saturated rings. The molecule has 9 heteroatoms. The molecule has 0 aliphatic carbocycles. The third-order valence-electron chi connectivity index (χ3n) is 4.13. The van der Waals surface area contributed by atoms with Crippen molar-refractivity contribution < 1.29 is 9.85 Å². The van der Waals surface area contributed by atoms with Crippen LogP contribution in [0.1, 0.15) is 26.7 Å². The molecule has 0 bridgehead atoms. The minimum absolute atomic E-state index is 0.104. The van der Waals surface area contributed by atoms with E-state index in [4.69, 9.17) is 0 Å². The molecule has 0 aromatic heterocycles. The van der Waals surface area contributed by atoms with Gasteiger partial charge < -0.3 is 0 Å². The van der Waals surface area contributed by atoms with Crippen molar-refractivity contribution in [1.29, 1.82) is 0 Å². The Kier molecular flexibility index (Phi) is 6.89. The van der Waals surface area contributed by atoms with Crippen molar-refractivity contribution in [3.63, 3.8) is 0 Å². The molecule has 2 aromatic carbocycles. The number of nitrogens with one attached hydrogen (secondary N) is 1. The fraction of sp³-hybridized carbons (Fsp3) is 0.278. The van der Waals surface area contributed by atoms with Gasteiger partial charge in [0.25, 0.3) is 5.69 Å². The summed E-state index contributed by atoms with van der Waals surface area (Å²) in [5.74, 6) is 0. The first-order valence-electron chi connectivity index (χ1n) is 8.38. The van der Waals surface area contributed by atoms with Crippen LogP contribution in [-0.4, -0.2) is 20.8 Å². The second-order valence-corrected chi connectivity index (χ2v) is 7.26. The van der Waals surface area contributed by atoms with E-state index in [1.807, 2.05) is 30.3 Å². The van der Waals surface area contributed by atoms with Crippen molar-refractivity contribution in [2.24, 2.45) is 5.10 Å². The standard InChI is InChI=1S/C18H20N4O4S/c1-3-18(4-2,27-15-8-6-5-7-9-15)13-19-20-16-11-10-14(21(23)24)12-17(16)22(25)26/h5-13,20H,3-4H2,1-2H3/b19-13+. The van der Waals surface area contributed by atoms with Gasteiger partial charge in [0.1, 0.15) is 5.69 Å². The van der Waals surface area contributed by atoms with Crippen LogP contribution in [0.15, 0.2) is 58.5 Å². The van der Waals surface area contributed by atoms with Crippen LogP contribution >= 0.6 is 11.8 Å². The van der Waals surface area contributed by atoms with E-state index < -0.39 is 15.5 Å². The van der Waals surface area contributed by atoms with Crippen LogP contribution in [0.4, 0.5) is 17.1 Å². The van der Waals surface area contributed by atoms with Gasteiger partial charge in [-0.05, 0) is 31.0 Å². The molecule has 0 saturated heterocycles. The summed E-state index contributed by atoms with van der Waals surface area (Å²) >= 11 is 1.68. The molecule has 0 aliphatic heterocycles. The molecule has 0 radical (unpaired) electrons. The number of nitro groups is 2. The van der Waals surface area contributed by atoms with Crippen LogP contribution < -0.4 is 5.43 Å². The molecule has 27 heavy (non-hydrogen) atoms. The van der Waals surface area contributed by atoms with Crippen molar-refractivity contribution >= 4 is 35.0 Å². The van der Waals surface area contributed by atoms with E-state index in [1.165, 1.54) is 12.1 Å². The van der Waals surface area contributed by atoms with E-state index >= 15 is 0 Å². The molecule has 1 N–H and O–H groups in total. The van der Waals surface area contributed by atoms with Crippen molar-refractivity contribution in [3.05, 3.63) is 68.8 Å². The summed E-state index contributed by atoms with van der Waals surface area (Å²) in [4.78, 5) is 21.8. The second kappa shape index (κ2) is 9.13. The number of nitrogens with zero attached hydrogens (tertiary/aromatic N) is 3. The molecule has 142 valence electrons. The summed E-state index contributed by atoms with van der Waals surface area (Å²) in [7, 11) is 0. The molecule has 2 rings (SSSR count). The predicted molar refractivity (Wildman–Crippen MR) is 107 cm³/mol. The van der Waals surface area contributed by atoms with Gasteiger partial charge in [0.05, 0.1) is 20.7 Å². The molecule has 0 amide bonds. The molecule has 2 aromatic rings. The SMILES string of the molecule is CCC(/C=N/Nc1ccc([N+](=O)[O-])cc1[N+](=O)[O-])(CC)Sc1ccccc1. The highest BCUT2D eigenvalue weighted by molar-refractivity contribution is 8.01. The van der Waals surface area contributed by atoms with E-state index in [2.05, 4.69) is 24.4 Å². The van der Waals surface area contributed by atoms with Gasteiger partial charge in [-0.15, -0.1) is 11.8 Å². The number of thioether (sulfide) groups is 1. The normalized spacial score (nSPS) is 11.5. The Morgan fingerprint density at radius 2 is 1.74 bits per heavy atom. The fourth-order valence-electron chi connectivity index (χ4n) is 2.43. The number of rotatable bonds is 9. The molecule has 0 unspecified atom stereocenters. The maximum Gasteiger partial charge on any atom is 0.301 e. The zero-order chi connectivity index (χ0) is 19.9. The first-order chi connectivity index (χ1) is 12.9. The average molecular weight is 388 g/mol. The quantitative estimate of drug-likeness (QED) is 0.272. The zero-order valence-electron chi connectivity index (χ0n) is 15.0. The van der Waals surface area contributed by atoms with Gasteiger partial charge in [0, 0.05) is 17.2 Å². The number of anilines is 1. The smallest absolute Gasteiger partial charge is 0.272 e. The number of non-ortho nitro benzene ring substituents is 1. The Labute approximate surface area is 161 Å². The largest absolute Gasteiger partial charge is 0.301 e. The van der Waals surface area contributed by atoms with Gasteiger partial charge in [-0.25, -0.2) is 0 Å². The lowest BCUT2D eigenvalue weighted by Gasteiger charge is -2.26. The molecule has 0 spiro atoms. The van der Waals surface area contributed by atoms with Crippen molar-refractivity contribution in [1.82, 2.24) is 0 Å². The van der Waals surface area contributed by atoms with Gasteiger partial charge >= 0.3 is 5.69 Å². The molecule has 0 saturated carbocycles. The monoisotopic (exact) mass is 388 g/mol. The number of hydrogen-bond acceptors (Lipinski definition) is 7. The molecule has 0 aliphatic rings. The van der Waals surface area contributed by atoms with Crippen LogP contribution in [-0.2, 0) is 0 Å². The topological polar surface area (TPSA) is 111 Å². The lowest BCUT2D eigenvalue weighted by Crippen LogP contribution is -2.25. The predicted octanol–water partition coefficient (Wildman–Crippen LogP) is 5.25. The Bertz CT molecular complexity index is 839. The highest BCUT2D eigenvalue weighted by Gasteiger charge is 2.26. The summed E-state index contributed by atoms with van der Waals surface area (Å²) in [6.07, 6.45) is 3.38. The maximum absolute atomic E-state index is 11.2. The third kappa shape index (κ3) is 5.27. The molecule has 0 heterocycles. The first-order valence-corrected chi connectivity index (χ1v) is 9.19. The summed E-state index contributed by atoms with van der Waals surface area (Å²) in [6.45, 7) is 4.11. The van der Waals surface area contributed by atoms with E-state index in [1.54, 1.807) is 18.0 Å². The highest BCUT2D eigenvalue weighted by Crippen LogP contribution is 2.37. The van der Waals surface area contributed by atoms with E-state index in [-0.39, 0.29) is 16.1 Å². The Balaban J connectivity index is 2.23. The van der Waals surface area contributed by atoms with Gasteiger partial charge in [-0.2, -0.15) is 5.10 Å². The minimum Gasteiger partial charge on any atom is -0.272 e. The summed E-state index contributed by atoms with van der Waals surface area (Å²) in [5.41, 5.74) is 2.03. The fourth-order valence-corrected chi connectivity index (χ4v) is 3.58. The lowest BCUT2D eigenvalue weighted by atomic mass is 10.0. The van der Waals surface area contributed by atoms with Crippen LogP contribution in [0.3, 0.4) is 0 Å². The van der Waals surface area contributed by atoms with Crippen LogP contribution in [0.2, 0.25) is 0 Å². The maximum atomic E-state index is 11.2. The van der Waals surface area contributed by atoms with Gasteiger partial charge in [0.2, 0.25) is 0 Å². The van der Waals surface area contributed by atoms with Crippen LogP contribution in [0.25, 0.3) is 0 Å². The number of hydrazone groups is 1. The van der Waals surface area contributed by atoms with E-state index in [0.717, 1.165) is 23.8 Å². The van der Waals surface area contributed by atoms with Crippen molar-refractivity contribution in [3.8, 4) is 0 Å². The average Bonchev–Trinajstić information content (AvgIpc) is 2.67. The Hall–Kier alpha value is -2.94. The summed E-state index contributed by atoms with van der Waals surface area (Å²) in [6, 6.07) is 13.3. The molecule has 8 nitrogen and oxygen atoms in total. The third-order valence-corrected chi connectivity index (χ3v) is 5.73. The lowest BCUT2D eigenvalue weighted by molar-refractivity contribution is -0.393. The summed E-state index contributed by atoms with van der Waals surface area (Å²) in [5, 5.41) is 26.2. The number of hydrogen-bond donors (Lipinski definition) is 1. The second-order valence-electron chi connectivity index (χ2n) is 5.77. The zero-order valence-corrected chi connectivity index (χ0v) is 15.8. The molecular weight excluding hydrogens is 368 g/mol. The summed E-state index contributed by atoms with van der Waals surface area (Å²) < 4.78 is -0.274. The van der Waals surface area contributed by atoms with Crippen LogP contribution in [0, 0.1) is 20.2 Å².